The third-order valence-electron chi connectivity index (χ3n) is 3.66. The van der Waals surface area contributed by atoms with Gasteiger partial charge in [0, 0.05) is 31.6 Å². The van der Waals surface area contributed by atoms with Gasteiger partial charge in [-0.1, -0.05) is 0 Å². The summed E-state index contributed by atoms with van der Waals surface area (Å²) >= 11 is 0. The summed E-state index contributed by atoms with van der Waals surface area (Å²) in [4.78, 5) is 2.44. The van der Waals surface area contributed by atoms with Crippen LogP contribution in [0.15, 0.2) is 18.2 Å². The molecule has 3 rings (SSSR count). The zero-order valence-corrected chi connectivity index (χ0v) is 10.5. The van der Waals surface area contributed by atoms with Gasteiger partial charge in [0.15, 0.2) is 0 Å². The van der Waals surface area contributed by atoms with Crippen LogP contribution >= 0.6 is 0 Å². The van der Waals surface area contributed by atoms with E-state index in [1.807, 2.05) is 0 Å². The Bertz CT molecular complexity index is 416. The lowest BCUT2D eigenvalue weighted by atomic mass is 10.1. The third-order valence-corrected chi connectivity index (χ3v) is 3.66. The standard InChI is InChI=1S/C14H19FN2O/c15-12-2-3-14-11(8-12)9-13(18-14)10-17-6-1-4-16-5-7-17/h2-3,8,13,16H,1,4-7,9-10H2. The molecule has 1 saturated heterocycles. The van der Waals surface area contributed by atoms with Gasteiger partial charge in [-0.15, -0.1) is 0 Å². The summed E-state index contributed by atoms with van der Waals surface area (Å²) in [6.07, 6.45) is 2.20. The summed E-state index contributed by atoms with van der Waals surface area (Å²) in [5.74, 6) is 0.686. The molecular formula is C14H19FN2O. The normalized spacial score (nSPS) is 24.4. The highest BCUT2D eigenvalue weighted by molar-refractivity contribution is 5.37. The first-order valence-electron chi connectivity index (χ1n) is 6.69. The Morgan fingerprint density at radius 2 is 2.28 bits per heavy atom. The first-order chi connectivity index (χ1) is 8.81. The highest BCUT2D eigenvalue weighted by Gasteiger charge is 2.25. The molecule has 0 spiro atoms. The molecule has 0 saturated carbocycles. The van der Waals surface area contributed by atoms with Crippen LogP contribution in [0.3, 0.4) is 0 Å². The van der Waals surface area contributed by atoms with Gasteiger partial charge >= 0.3 is 0 Å². The Morgan fingerprint density at radius 3 is 3.22 bits per heavy atom. The number of benzene rings is 1. The number of nitrogens with one attached hydrogen (secondary N) is 1. The van der Waals surface area contributed by atoms with Crippen LogP contribution in [0.4, 0.5) is 4.39 Å². The van der Waals surface area contributed by atoms with Crippen molar-refractivity contribution in [3.05, 3.63) is 29.6 Å². The van der Waals surface area contributed by atoms with E-state index >= 15 is 0 Å². The first kappa shape index (κ1) is 11.9. The van der Waals surface area contributed by atoms with Crippen LogP contribution in [0.5, 0.6) is 5.75 Å². The molecule has 4 heteroatoms. The van der Waals surface area contributed by atoms with E-state index in [1.165, 1.54) is 12.5 Å². The van der Waals surface area contributed by atoms with Crippen LogP contribution in [0.25, 0.3) is 0 Å². The van der Waals surface area contributed by atoms with Crippen LogP contribution in [0.1, 0.15) is 12.0 Å². The summed E-state index contributed by atoms with van der Waals surface area (Å²) in [5, 5.41) is 3.39. The number of nitrogens with zero attached hydrogens (tertiary/aromatic N) is 1. The Morgan fingerprint density at radius 1 is 1.33 bits per heavy atom. The van der Waals surface area contributed by atoms with Crippen molar-refractivity contribution in [1.82, 2.24) is 10.2 Å². The Labute approximate surface area is 107 Å². The highest BCUT2D eigenvalue weighted by atomic mass is 19.1. The lowest BCUT2D eigenvalue weighted by Crippen LogP contribution is -2.37. The zero-order chi connectivity index (χ0) is 12.4. The van der Waals surface area contributed by atoms with E-state index in [1.54, 1.807) is 12.1 Å². The monoisotopic (exact) mass is 250 g/mol. The molecule has 0 bridgehead atoms. The molecule has 3 nitrogen and oxygen atoms in total. The topological polar surface area (TPSA) is 24.5 Å². The second-order valence-electron chi connectivity index (χ2n) is 5.10. The van der Waals surface area contributed by atoms with E-state index in [-0.39, 0.29) is 11.9 Å². The molecule has 1 aromatic carbocycles. The number of hydrogen-bond acceptors (Lipinski definition) is 3. The Balaban J connectivity index is 1.60. The largest absolute Gasteiger partial charge is 0.488 e. The number of halogens is 1. The molecule has 1 fully saturated rings. The van der Waals surface area contributed by atoms with Gasteiger partial charge < -0.3 is 10.1 Å². The summed E-state index contributed by atoms with van der Waals surface area (Å²) in [5.41, 5.74) is 1.01. The molecule has 0 aliphatic carbocycles. The van der Waals surface area contributed by atoms with Gasteiger partial charge in [-0.2, -0.15) is 0 Å². The fraction of sp³-hybridized carbons (Fsp3) is 0.571. The molecule has 98 valence electrons. The van der Waals surface area contributed by atoms with Crippen molar-refractivity contribution in [2.45, 2.75) is 18.9 Å². The fourth-order valence-electron chi connectivity index (χ4n) is 2.76. The minimum absolute atomic E-state index is 0.169. The Kier molecular flexibility index (Phi) is 3.48. The van der Waals surface area contributed by atoms with Crippen molar-refractivity contribution in [3.8, 4) is 5.75 Å². The van der Waals surface area contributed by atoms with Crippen molar-refractivity contribution in [2.24, 2.45) is 0 Å². The van der Waals surface area contributed by atoms with Crippen LogP contribution in [-0.2, 0) is 6.42 Å². The van der Waals surface area contributed by atoms with Crippen molar-refractivity contribution in [2.75, 3.05) is 32.7 Å². The van der Waals surface area contributed by atoms with E-state index in [2.05, 4.69) is 10.2 Å². The van der Waals surface area contributed by atoms with Crippen molar-refractivity contribution in [1.29, 1.82) is 0 Å². The molecule has 1 unspecified atom stereocenters. The molecule has 2 aliphatic rings. The third kappa shape index (κ3) is 2.65. The van der Waals surface area contributed by atoms with Crippen LogP contribution in [0, 0.1) is 5.82 Å². The van der Waals surface area contributed by atoms with Gasteiger partial charge in [0.2, 0.25) is 0 Å². The summed E-state index contributed by atoms with van der Waals surface area (Å²) in [6.45, 7) is 5.29. The van der Waals surface area contributed by atoms with Crippen LogP contribution in [0.2, 0.25) is 0 Å². The SMILES string of the molecule is Fc1ccc2c(c1)CC(CN1CCCNCC1)O2. The smallest absolute Gasteiger partial charge is 0.123 e. The first-order valence-corrected chi connectivity index (χ1v) is 6.69. The summed E-state index contributed by atoms with van der Waals surface area (Å²) < 4.78 is 19.0. The predicted molar refractivity (Wildman–Crippen MR) is 68.4 cm³/mol. The predicted octanol–water partition coefficient (Wildman–Crippen LogP) is 1.42. The second kappa shape index (κ2) is 5.24. The molecule has 0 aromatic heterocycles. The average molecular weight is 250 g/mol. The number of rotatable bonds is 2. The minimum Gasteiger partial charge on any atom is -0.488 e. The second-order valence-corrected chi connectivity index (χ2v) is 5.10. The average Bonchev–Trinajstić information content (AvgIpc) is 2.57. The van der Waals surface area contributed by atoms with Gasteiger partial charge in [-0.25, -0.2) is 4.39 Å². The maximum absolute atomic E-state index is 13.1. The van der Waals surface area contributed by atoms with E-state index < -0.39 is 0 Å². The lowest BCUT2D eigenvalue weighted by Gasteiger charge is -2.22. The van der Waals surface area contributed by atoms with Crippen LogP contribution < -0.4 is 10.1 Å². The van der Waals surface area contributed by atoms with E-state index in [0.29, 0.717) is 0 Å². The fourth-order valence-corrected chi connectivity index (χ4v) is 2.76. The maximum atomic E-state index is 13.1. The number of fused-ring (bicyclic) bond motifs is 1. The van der Waals surface area contributed by atoms with E-state index in [9.17, 15) is 4.39 Å². The molecule has 2 aliphatic heterocycles. The molecule has 0 radical (unpaired) electrons. The quantitative estimate of drug-likeness (QED) is 0.859. The van der Waals surface area contributed by atoms with Crippen LogP contribution in [-0.4, -0.2) is 43.7 Å². The molecule has 18 heavy (non-hydrogen) atoms. The number of hydrogen-bond donors (Lipinski definition) is 1. The van der Waals surface area contributed by atoms with Gasteiger partial charge in [-0.3, -0.25) is 4.90 Å². The molecule has 1 N–H and O–H groups in total. The van der Waals surface area contributed by atoms with Crippen molar-refractivity contribution >= 4 is 0 Å². The van der Waals surface area contributed by atoms with Gasteiger partial charge in [0.1, 0.15) is 17.7 Å². The van der Waals surface area contributed by atoms with Gasteiger partial charge in [0.25, 0.3) is 0 Å². The van der Waals surface area contributed by atoms with E-state index in [4.69, 9.17) is 4.74 Å². The van der Waals surface area contributed by atoms with Crippen molar-refractivity contribution < 1.29 is 9.13 Å². The van der Waals surface area contributed by atoms with Gasteiger partial charge in [-0.05, 0) is 37.7 Å². The minimum atomic E-state index is -0.169. The summed E-state index contributed by atoms with van der Waals surface area (Å²) in [6, 6.07) is 4.81. The molecular weight excluding hydrogens is 231 g/mol. The van der Waals surface area contributed by atoms with Crippen molar-refractivity contribution in [3.63, 3.8) is 0 Å². The molecule has 2 heterocycles. The highest BCUT2D eigenvalue weighted by Crippen LogP contribution is 2.29. The molecule has 0 amide bonds. The molecule has 1 aromatic rings. The zero-order valence-electron chi connectivity index (χ0n) is 10.5. The van der Waals surface area contributed by atoms with Gasteiger partial charge in [0.05, 0.1) is 0 Å². The number of ether oxygens (including phenoxy) is 1. The molecule has 1 atom stereocenters. The Hall–Kier alpha value is -1.13. The summed E-state index contributed by atoms with van der Waals surface area (Å²) in [7, 11) is 0. The van der Waals surface area contributed by atoms with E-state index in [0.717, 1.165) is 50.5 Å². The maximum Gasteiger partial charge on any atom is 0.123 e. The lowest BCUT2D eigenvalue weighted by molar-refractivity contribution is 0.155.